The summed E-state index contributed by atoms with van der Waals surface area (Å²) in [4.78, 5) is 0.224. The van der Waals surface area contributed by atoms with Crippen LogP contribution in [0.25, 0.3) is 0 Å². The average Bonchev–Trinajstić information content (AvgIpc) is 2.78. The third-order valence-electron chi connectivity index (χ3n) is 5.69. The van der Waals surface area contributed by atoms with Crippen molar-refractivity contribution in [3.05, 3.63) is 82.9 Å². The number of nitrogens with zero attached hydrogens (tertiary/aromatic N) is 1. The molecule has 162 valence electrons. The van der Waals surface area contributed by atoms with E-state index in [4.69, 9.17) is 9.47 Å². The van der Waals surface area contributed by atoms with Gasteiger partial charge in [-0.2, -0.15) is 4.31 Å². The molecule has 0 fully saturated rings. The lowest BCUT2D eigenvalue weighted by Crippen LogP contribution is -2.40. The number of aryl methyl sites for hydroxylation is 1. The first-order valence-corrected chi connectivity index (χ1v) is 11.4. The van der Waals surface area contributed by atoms with Crippen LogP contribution < -0.4 is 9.47 Å². The van der Waals surface area contributed by atoms with Crippen molar-refractivity contribution in [2.45, 2.75) is 24.3 Å². The van der Waals surface area contributed by atoms with Gasteiger partial charge in [-0.15, -0.1) is 0 Å². The van der Waals surface area contributed by atoms with Gasteiger partial charge in [-0.25, -0.2) is 8.42 Å². The van der Waals surface area contributed by atoms with Crippen molar-refractivity contribution < 1.29 is 23.0 Å². The fourth-order valence-corrected chi connectivity index (χ4v) is 5.66. The Balaban J connectivity index is 1.93. The smallest absolute Gasteiger partial charge is 0.243 e. The van der Waals surface area contributed by atoms with Crippen LogP contribution in [0.1, 0.15) is 28.3 Å². The van der Waals surface area contributed by atoms with Crippen LogP contribution in [-0.2, 0) is 16.4 Å². The van der Waals surface area contributed by atoms with Gasteiger partial charge in [-0.3, -0.25) is 0 Å². The minimum atomic E-state index is -3.82. The summed E-state index contributed by atoms with van der Waals surface area (Å²) in [7, 11) is -0.705. The van der Waals surface area contributed by atoms with Gasteiger partial charge in [0.15, 0.2) is 11.5 Å². The number of ether oxygens (including phenoxy) is 2. The molecule has 7 heteroatoms. The SMILES string of the molecule is COc1cc2c(cc1OC)C(c1ccccc1O)N(S(=O)(=O)c1ccc(C)cc1)CC2. The van der Waals surface area contributed by atoms with Crippen molar-refractivity contribution in [1.29, 1.82) is 0 Å². The molecule has 3 aromatic rings. The summed E-state index contributed by atoms with van der Waals surface area (Å²) < 4.78 is 39.7. The van der Waals surface area contributed by atoms with E-state index in [0.717, 1.165) is 16.7 Å². The Morgan fingerprint density at radius 1 is 0.935 bits per heavy atom. The fraction of sp³-hybridized carbons (Fsp3) is 0.250. The number of fused-ring (bicyclic) bond motifs is 1. The quantitative estimate of drug-likeness (QED) is 0.649. The van der Waals surface area contributed by atoms with E-state index in [-0.39, 0.29) is 17.2 Å². The lowest BCUT2D eigenvalue weighted by atomic mass is 9.89. The molecule has 4 rings (SSSR count). The lowest BCUT2D eigenvalue weighted by molar-refractivity contribution is 0.326. The highest BCUT2D eigenvalue weighted by Gasteiger charge is 2.39. The summed E-state index contributed by atoms with van der Waals surface area (Å²) in [5, 5.41) is 10.6. The van der Waals surface area contributed by atoms with Gasteiger partial charge in [0, 0.05) is 12.1 Å². The van der Waals surface area contributed by atoms with Crippen molar-refractivity contribution >= 4 is 10.0 Å². The van der Waals surface area contributed by atoms with E-state index in [1.807, 2.05) is 19.1 Å². The Kier molecular flexibility index (Phi) is 5.64. The van der Waals surface area contributed by atoms with E-state index in [9.17, 15) is 13.5 Å². The second-order valence-electron chi connectivity index (χ2n) is 7.55. The van der Waals surface area contributed by atoms with Crippen LogP contribution >= 0.6 is 0 Å². The molecule has 1 aliphatic rings. The molecule has 1 N–H and O–H groups in total. The van der Waals surface area contributed by atoms with E-state index >= 15 is 0 Å². The first-order chi connectivity index (χ1) is 14.9. The van der Waals surface area contributed by atoms with Crippen molar-refractivity contribution in [3.8, 4) is 17.2 Å². The Morgan fingerprint density at radius 3 is 2.23 bits per heavy atom. The molecule has 6 nitrogen and oxygen atoms in total. The lowest BCUT2D eigenvalue weighted by Gasteiger charge is -2.37. The van der Waals surface area contributed by atoms with Crippen molar-refractivity contribution in [2.24, 2.45) is 0 Å². The average molecular weight is 440 g/mol. The highest BCUT2D eigenvalue weighted by atomic mass is 32.2. The van der Waals surface area contributed by atoms with Crippen LogP contribution in [0.3, 0.4) is 0 Å². The molecule has 1 aliphatic heterocycles. The molecule has 0 aliphatic carbocycles. The van der Waals surface area contributed by atoms with Gasteiger partial charge in [0.05, 0.1) is 25.2 Å². The molecule has 0 amide bonds. The number of phenolic OH excluding ortho intramolecular Hbond substituents is 1. The molecule has 0 spiro atoms. The van der Waals surface area contributed by atoms with Gasteiger partial charge in [0.2, 0.25) is 10.0 Å². The maximum absolute atomic E-state index is 13.7. The highest BCUT2D eigenvalue weighted by molar-refractivity contribution is 7.89. The number of sulfonamides is 1. The molecular weight excluding hydrogens is 414 g/mol. The normalized spacial score (nSPS) is 16.5. The maximum atomic E-state index is 13.7. The maximum Gasteiger partial charge on any atom is 0.243 e. The van der Waals surface area contributed by atoms with Gasteiger partial charge in [-0.1, -0.05) is 35.9 Å². The number of hydrogen-bond acceptors (Lipinski definition) is 5. The number of para-hydroxylation sites is 1. The van der Waals surface area contributed by atoms with Crippen molar-refractivity contribution in [2.75, 3.05) is 20.8 Å². The Bertz CT molecular complexity index is 1210. The molecule has 0 saturated carbocycles. The first kappa shape index (κ1) is 21.2. The third kappa shape index (κ3) is 3.75. The predicted octanol–water partition coefficient (Wildman–Crippen LogP) is 4.05. The van der Waals surface area contributed by atoms with Crippen molar-refractivity contribution in [3.63, 3.8) is 0 Å². The second-order valence-corrected chi connectivity index (χ2v) is 9.44. The zero-order valence-corrected chi connectivity index (χ0v) is 18.5. The zero-order chi connectivity index (χ0) is 22.2. The van der Waals surface area contributed by atoms with Gasteiger partial charge in [0.1, 0.15) is 5.75 Å². The molecule has 31 heavy (non-hydrogen) atoms. The fourth-order valence-electron chi connectivity index (χ4n) is 4.07. The minimum Gasteiger partial charge on any atom is -0.508 e. The number of rotatable bonds is 5. The highest BCUT2D eigenvalue weighted by Crippen LogP contribution is 2.45. The van der Waals surface area contributed by atoms with Gasteiger partial charge >= 0.3 is 0 Å². The van der Waals surface area contributed by atoms with Gasteiger partial charge in [-0.05, 0) is 54.8 Å². The number of methoxy groups -OCH3 is 2. The Hall–Kier alpha value is -3.03. The number of benzene rings is 3. The minimum absolute atomic E-state index is 0.0410. The molecule has 0 radical (unpaired) electrons. The molecule has 1 atom stereocenters. The van der Waals surface area contributed by atoms with Crippen LogP contribution in [0.15, 0.2) is 65.6 Å². The van der Waals surface area contributed by atoms with E-state index in [0.29, 0.717) is 23.5 Å². The largest absolute Gasteiger partial charge is 0.508 e. The summed E-state index contributed by atoms with van der Waals surface area (Å²) >= 11 is 0. The Labute approximate surface area is 182 Å². The number of hydrogen-bond donors (Lipinski definition) is 1. The van der Waals surface area contributed by atoms with Gasteiger partial charge < -0.3 is 14.6 Å². The molecule has 0 saturated heterocycles. The topological polar surface area (TPSA) is 76.1 Å². The number of aromatic hydroxyl groups is 1. The van der Waals surface area contributed by atoms with Crippen LogP contribution in [0, 0.1) is 6.92 Å². The monoisotopic (exact) mass is 439 g/mol. The molecule has 1 unspecified atom stereocenters. The molecule has 0 bridgehead atoms. The summed E-state index contributed by atoms with van der Waals surface area (Å²) in [6.07, 6.45) is 0.519. The molecule has 1 heterocycles. The van der Waals surface area contributed by atoms with E-state index in [1.54, 1.807) is 62.8 Å². The van der Waals surface area contributed by atoms with Crippen LogP contribution in [0.4, 0.5) is 0 Å². The molecule has 0 aromatic heterocycles. The zero-order valence-electron chi connectivity index (χ0n) is 17.7. The second kappa shape index (κ2) is 8.24. The first-order valence-electron chi connectivity index (χ1n) is 9.98. The van der Waals surface area contributed by atoms with Crippen LogP contribution in [0.2, 0.25) is 0 Å². The van der Waals surface area contributed by atoms with Crippen molar-refractivity contribution in [1.82, 2.24) is 4.31 Å². The van der Waals surface area contributed by atoms with Crippen LogP contribution in [-0.4, -0.2) is 38.6 Å². The number of phenols is 1. The third-order valence-corrected chi connectivity index (χ3v) is 7.57. The summed E-state index contributed by atoms with van der Waals surface area (Å²) in [5.41, 5.74) is 3.23. The van der Waals surface area contributed by atoms with E-state index in [1.165, 1.54) is 4.31 Å². The van der Waals surface area contributed by atoms with E-state index in [2.05, 4.69) is 0 Å². The Morgan fingerprint density at radius 2 is 1.58 bits per heavy atom. The van der Waals surface area contributed by atoms with Crippen LogP contribution in [0.5, 0.6) is 17.2 Å². The summed E-state index contributed by atoms with van der Waals surface area (Å²) in [6, 6.07) is 16.6. The summed E-state index contributed by atoms with van der Waals surface area (Å²) in [5.74, 6) is 1.14. The summed E-state index contributed by atoms with van der Waals surface area (Å²) in [6.45, 7) is 2.19. The molecular formula is C24H25NO5S. The standard InChI is InChI=1S/C24H25NO5S/c1-16-8-10-18(11-9-16)31(27,28)25-13-12-17-14-22(29-2)23(30-3)15-20(17)24(25)19-6-4-5-7-21(19)26/h4-11,14-15,24,26H,12-13H2,1-3H3. The van der Waals surface area contributed by atoms with Gasteiger partial charge in [0.25, 0.3) is 0 Å². The predicted molar refractivity (Wildman–Crippen MR) is 118 cm³/mol. The molecule has 3 aromatic carbocycles. The van der Waals surface area contributed by atoms with E-state index < -0.39 is 16.1 Å².